The minimum Gasteiger partial charge on any atom is -0.508 e. The third-order valence-electron chi connectivity index (χ3n) is 5.30. The Bertz CT molecular complexity index is 1090. The highest BCUT2D eigenvalue weighted by atomic mass is 16.3. The number of benzene rings is 2. The summed E-state index contributed by atoms with van der Waals surface area (Å²) in [5.74, 6) is 0.273. The predicted molar refractivity (Wildman–Crippen MR) is 106 cm³/mol. The highest BCUT2D eigenvalue weighted by molar-refractivity contribution is 5.37. The molecule has 6 heteroatoms. The van der Waals surface area contributed by atoms with Gasteiger partial charge in [-0.05, 0) is 35.9 Å². The number of aromatic amines is 1. The SMILES string of the molecule is Oc1cccc([C@H]2c3nc[nH]c3CCN2Cc2ccnn2-c2ccccc2)c1. The Balaban J connectivity index is 1.52. The zero-order chi connectivity index (χ0) is 18.9. The Labute approximate surface area is 163 Å². The minimum atomic E-state index is -0.0128. The second-order valence-corrected chi connectivity index (χ2v) is 7.05. The Morgan fingerprint density at radius 3 is 2.82 bits per heavy atom. The molecule has 28 heavy (non-hydrogen) atoms. The van der Waals surface area contributed by atoms with Gasteiger partial charge in [-0.3, -0.25) is 4.90 Å². The lowest BCUT2D eigenvalue weighted by atomic mass is 9.95. The van der Waals surface area contributed by atoms with Crippen LogP contribution in [0.4, 0.5) is 0 Å². The molecule has 0 saturated heterocycles. The summed E-state index contributed by atoms with van der Waals surface area (Å²) >= 11 is 0. The van der Waals surface area contributed by atoms with Crippen molar-refractivity contribution >= 4 is 0 Å². The summed E-state index contributed by atoms with van der Waals surface area (Å²) < 4.78 is 1.99. The molecular weight excluding hydrogens is 350 g/mol. The Kier molecular flexibility index (Phi) is 4.18. The van der Waals surface area contributed by atoms with Crippen LogP contribution in [0, 0.1) is 0 Å². The van der Waals surface area contributed by atoms with E-state index in [-0.39, 0.29) is 11.8 Å². The van der Waals surface area contributed by atoms with Crippen LogP contribution in [0.2, 0.25) is 0 Å². The topological polar surface area (TPSA) is 70.0 Å². The van der Waals surface area contributed by atoms with Crippen molar-refractivity contribution in [1.82, 2.24) is 24.6 Å². The van der Waals surface area contributed by atoms with Crippen LogP contribution < -0.4 is 0 Å². The van der Waals surface area contributed by atoms with Crippen molar-refractivity contribution in [3.63, 3.8) is 0 Å². The third-order valence-corrected chi connectivity index (χ3v) is 5.30. The van der Waals surface area contributed by atoms with Gasteiger partial charge in [0, 0.05) is 31.4 Å². The van der Waals surface area contributed by atoms with Crippen LogP contribution in [0.15, 0.2) is 73.2 Å². The van der Waals surface area contributed by atoms with E-state index in [1.54, 1.807) is 12.4 Å². The monoisotopic (exact) mass is 371 g/mol. The zero-order valence-electron chi connectivity index (χ0n) is 15.4. The summed E-state index contributed by atoms with van der Waals surface area (Å²) in [5, 5.41) is 14.5. The van der Waals surface area contributed by atoms with Crippen molar-refractivity contribution in [1.29, 1.82) is 0 Å². The van der Waals surface area contributed by atoms with E-state index < -0.39 is 0 Å². The lowest BCUT2D eigenvalue weighted by Gasteiger charge is -2.35. The van der Waals surface area contributed by atoms with Gasteiger partial charge in [0.2, 0.25) is 0 Å². The Morgan fingerprint density at radius 2 is 1.96 bits per heavy atom. The number of hydrogen-bond acceptors (Lipinski definition) is 4. The second-order valence-electron chi connectivity index (χ2n) is 7.05. The predicted octanol–water partition coefficient (Wildman–Crippen LogP) is 3.45. The van der Waals surface area contributed by atoms with Crippen molar-refractivity contribution in [3.8, 4) is 11.4 Å². The first-order valence-corrected chi connectivity index (χ1v) is 9.43. The normalized spacial score (nSPS) is 16.8. The maximum absolute atomic E-state index is 10.0. The van der Waals surface area contributed by atoms with E-state index in [1.807, 2.05) is 41.2 Å². The van der Waals surface area contributed by atoms with Crippen molar-refractivity contribution in [2.45, 2.75) is 19.0 Å². The van der Waals surface area contributed by atoms with Gasteiger partial charge in [-0.25, -0.2) is 9.67 Å². The highest BCUT2D eigenvalue weighted by Gasteiger charge is 2.31. The smallest absolute Gasteiger partial charge is 0.115 e. The molecule has 0 bridgehead atoms. The summed E-state index contributed by atoms with van der Waals surface area (Å²) in [4.78, 5) is 10.3. The van der Waals surface area contributed by atoms with E-state index in [2.05, 4.69) is 44.2 Å². The van der Waals surface area contributed by atoms with Crippen LogP contribution in [-0.4, -0.2) is 36.3 Å². The molecule has 0 saturated carbocycles. The molecule has 0 fully saturated rings. The lowest BCUT2D eigenvalue weighted by molar-refractivity contribution is 0.196. The highest BCUT2D eigenvalue weighted by Crippen LogP contribution is 2.35. The fourth-order valence-corrected chi connectivity index (χ4v) is 4.02. The van der Waals surface area contributed by atoms with Crippen LogP contribution in [0.3, 0.4) is 0 Å². The standard InChI is InChI=1S/C22H21N5O/c28-19-8-4-5-16(13-19)22-21-20(23-15-24-21)10-12-26(22)14-18-9-11-25-27(18)17-6-2-1-3-7-17/h1-9,11,13,15,22,28H,10,12,14H2,(H,23,24)/t22-/m0/s1. The number of aromatic hydroxyl groups is 1. The van der Waals surface area contributed by atoms with E-state index in [9.17, 15) is 5.11 Å². The van der Waals surface area contributed by atoms with Gasteiger partial charge in [0.1, 0.15) is 5.75 Å². The van der Waals surface area contributed by atoms with Gasteiger partial charge >= 0.3 is 0 Å². The summed E-state index contributed by atoms with van der Waals surface area (Å²) in [6, 6.07) is 19.7. The molecule has 0 aliphatic carbocycles. The second kappa shape index (κ2) is 6.98. The number of nitrogens with one attached hydrogen (secondary N) is 1. The average Bonchev–Trinajstić information content (AvgIpc) is 3.38. The molecule has 3 heterocycles. The number of hydrogen-bond donors (Lipinski definition) is 2. The van der Waals surface area contributed by atoms with Gasteiger partial charge in [0.25, 0.3) is 0 Å². The number of fused-ring (bicyclic) bond motifs is 1. The first kappa shape index (κ1) is 16.8. The van der Waals surface area contributed by atoms with Gasteiger partial charge in [-0.15, -0.1) is 0 Å². The van der Waals surface area contributed by atoms with E-state index in [0.29, 0.717) is 0 Å². The van der Waals surface area contributed by atoms with Crippen LogP contribution in [0.5, 0.6) is 5.75 Å². The van der Waals surface area contributed by atoms with Gasteiger partial charge in [-0.1, -0.05) is 30.3 Å². The largest absolute Gasteiger partial charge is 0.508 e. The number of imidazole rings is 1. The molecular formula is C22H21N5O. The molecule has 0 radical (unpaired) electrons. The van der Waals surface area contributed by atoms with E-state index >= 15 is 0 Å². The van der Waals surface area contributed by atoms with Crippen molar-refractivity contribution in [2.24, 2.45) is 0 Å². The Hall–Kier alpha value is -3.38. The molecule has 0 amide bonds. The Morgan fingerprint density at radius 1 is 1.07 bits per heavy atom. The van der Waals surface area contributed by atoms with Crippen LogP contribution in [0.25, 0.3) is 5.69 Å². The average molecular weight is 371 g/mol. The number of phenols is 1. The maximum atomic E-state index is 10.0. The molecule has 140 valence electrons. The number of phenolic OH excluding ortho intramolecular Hbond substituents is 1. The van der Waals surface area contributed by atoms with E-state index in [4.69, 9.17) is 0 Å². The number of nitrogens with zero attached hydrogens (tertiary/aromatic N) is 4. The first-order valence-electron chi connectivity index (χ1n) is 9.43. The quantitative estimate of drug-likeness (QED) is 0.576. The van der Waals surface area contributed by atoms with Crippen LogP contribution in [-0.2, 0) is 13.0 Å². The van der Waals surface area contributed by atoms with E-state index in [1.165, 1.54) is 5.69 Å². The molecule has 1 aliphatic heterocycles. The molecule has 2 aromatic carbocycles. The summed E-state index contributed by atoms with van der Waals surface area (Å²) in [6.45, 7) is 1.64. The molecule has 2 N–H and O–H groups in total. The molecule has 2 aromatic heterocycles. The van der Waals surface area contributed by atoms with Gasteiger partial charge in [0.15, 0.2) is 0 Å². The number of H-pyrrole nitrogens is 1. The number of rotatable bonds is 4. The molecule has 1 aliphatic rings. The van der Waals surface area contributed by atoms with Gasteiger partial charge in [0.05, 0.1) is 29.4 Å². The van der Waals surface area contributed by atoms with Crippen LogP contribution >= 0.6 is 0 Å². The fraction of sp³-hybridized carbons (Fsp3) is 0.182. The summed E-state index contributed by atoms with van der Waals surface area (Å²) in [5.41, 5.74) is 5.41. The van der Waals surface area contributed by atoms with Gasteiger partial charge in [-0.2, -0.15) is 5.10 Å². The van der Waals surface area contributed by atoms with E-state index in [0.717, 1.165) is 42.1 Å². The van der Waals surface area contributed by atoms with Crippen molar-refractivity contribution in [3.05, 3.63) is 95.8 Å². The fourth-order valence-electron chi connectivity index (χ4n) is 4.02. The van der Waals surface area contributed by atoms with Gasteiger partial charge < -0.3 is 10.1 Å². The maximum Gasteiger partial charge on any atom is 0.115 e. The molecule has 5 rings (SSSR count). The van der Waals surface area contributed by atoms with Crippen molar-refractivity contribution in [2.75, 3.05) is 6.54 Å². The van der Waals surface area contributed by atoms with Crippen molar-refractivity contribution < 1.29 is 5.11 Å². The molecule has 0 unspecified atom stereocenters. The summed E-state index contributed by atoms with van der Waals surface area (Å²) in [6.07, 6.45) is 4.53. The molecule has 4 aromatic rings. The zero-order valence-corrected chi connectivity index (χ0v) is 15.4. The minimum absolute atomic E-state index is 0.0128. The molecule has 6 nitrogen and oxygen atoms in total. The van der Waals surface area contributed by atoms with Crippen LogP contribution in [0.1, 0.15) is 28.7 Å². The lowest BCUT2D eigenvalue weighted by Crippen LogP contribution is -2.36. The molecule has 0 spiro atoms. The summed E-state index contributed by atoms with van der Waals surface area (Å²) in [7, 11) is 0. The molecule has 1 atom stereocenters. The number of aromatic nitrogens is 4. The number of para-hydroxylation sites is 1. The first-order chi connectivity index (χ1) is 13.8. The third kappa shape index (κ3) is 2.97.